The van der Waals surface area contributed by atoms with E-state index in [-0.39, 0.29) is 19.1 Å². The van der Waals surface area contributed by atoms with E-state index in [1.54, 1.807) is 0 Å². The van der Waals surface area contributed by atoms with Crippen LogP contribution < -0.4 is 10.2 Å². The van der Waals surface area contributed by atoms with Crippen molar-refractivity contribution >= 4 is 13.7 Å². The molecule has 0 spiro atoms. The number of hydrogen-bond donors (Lipinski definition) is 2. The van der Waals surface area contributed by atoms with Gasteiger partial charge in [-0.2, -0.15) is 0 Å². The zero-order chi connectivity index (χ0) is 40.7. The number of aliphatic hydroxyl groups is 1. The summed E-state index contributed by atoms with van der Waals surface area (Å²) in [6.45, 7) is 4.71. The SMILES string of the molecule is CCCCCCCCCC/C=C/CCCC[C@@H](O)[C@H](COP(=O)([O-])OCC[N+](C)(C)C)NC(=O)CCCCCCCCCCCCCCCCCCCCC. The first-order valence-electron chi connectivity index (χ1n) is 23.5. The average Bonchev–Trinajstić information content (AvgIpc) is 3.13. The van der Waals surface area contributed by atoms with Crippen LogP contribution in [0.25, 0.3) is 0 Å². The highest BCUT2D eigenvalue weighted by atomic mass is 31.2. The Morgan fingerprint density at radius 1 is 0.618 bits per heavy atom. The van der Waals surface area contributed by atoms with Crippen LogP contribution >= 0.6 is 7.82 Å². The van der Waals surface area contributed by atoms with Crippen LogP contribution in [-0.2, 0) is 18.4 Å². The van der Waals surface area contributed by atoms with Crippen LogP contribution in [0.3, 0.4) is 0 Å². The van der Waals surface area contributed by atoms with Crippen molar-refractivity contribution in [1.82, 2.24) is 5.32 Å². The van der Waals surface area contributed by atoms with Gasteiger partial charge in [-0.1, -0.05) is 193 Å². The van der Waals surface area contributed by atoms with Gasteiger partial charge in [0.1, 0.15) is 13.2 Å². The van der Waals surface area contributed by atoms with Gasteiger partial charge in [-0.25, -0.2) is 0 Å². The summed E-state index contributed by atoms with van der Waals surface area (Å²) in [5.74, 6) is -0.171. The molecule has 0 rings (SSSR count). The molecule has 0 heterocycles. The molecule has 0 aliphatic rings. The molecule has 1 unspecified atom stereocenters. The number of carbonyl (C=O) groups is 1. The molecule has 0 fully saturated rings. The van der Waals surface area contributed by atoms with Crippen LogP contribution in [0.1, 0.15) is 226 Å². The summed E-state index contributed by atoms with van der Waals surface area (Å²) >= 11 is 0. The van der Waals surface area contributed by atoms with E-state index in [1.165, 1.54) is 154 Å². The van der Waals surface area contributed by atoms with Gasteiger partial charge in [0, 0.05) is 6.42 Å². The topological polar surface area (TPSA) is 108 Å². The van der Waals surface area contributed by atoms with Crippen LogP contribution in [0.15, 0.2) is 12.2 Å². The number of likely N-dealkylation sites (N-methyl/N-ethyl adjacent to an activating group) is 1. The largest absolute Gasteiger partial charge is 0.756 e. The third-order valence-corrected chi connectivity index (χ3v) is 11.7. The molecule has 3 atom stereocenters. The van der Waals surface area contributed by atoms with Crippen molar-refractivity contribution in [2.24, 2.45) is 0 Å². The lowest BCUT2D eigenvalue weighted by atomic mass is 10.0. The van der Waals surface area contributed by atoms with Crippen molar-refractivity contribution in [3.05, 3.63) is 12.2 Å². The number of nitrogens with one attached hydrogen (secondary N) is 1. The van der Waals surface area contributed by atoms with Crippen molar-refractivity contribution in [2.45, 2.75) is 238 Å². The summed E-state index contributed by atoms with van der Waals surface area (Å²) in [4.78, 5) is 25.3. The minimum atomic E-state index is -4.57. The van der Waals surface area contributed by atoms with Crippen molar-refractivity contribution in [3.63, 3.8) is 0 Å². The summed E-state index contributed by atoms with van der Waals surface area (Å²) in [6.07, 6.45) is 43.6. The van der Waals surface area contributed by atoms with Gasteiger partial charge in [0.25, 0.3) is 7.82 Å². The molecule has 1 amide bonds. The Hall–Kier alpha value is -0.760. The fourth-order valence-electron chi connectivity index (χ4n) is 6.98. The summed E-state index contributed by atoms with van der Waals surface area (Å²) in [6, 6.07) is -0.811. The van der Waals surface area contributed by atoms with Gasteiger partial charge < -0.3 is 28.8 Å². The fraction of sp³-hybridized carbons (Fsp3) is 0.935. The predicted octanol–water partition coefficient (Wildman–Crippen LogP) is 12.5. The molecule has 0 aliphatic carbocycles. The number of unbranched alkanes of at least 4 members (excludes halogenated alkanes) is 28. The molecule has 0 aliphatic heterocycles. The van der Waals surface area contributed by atoms with Crippen molar-refractivity contribution in [2.75, 3.05) is 40.9 Å². The van der Waals surface area contributed by atoms with Gasteiger partial charge >= 0.3 is 0 Å². The van der Waals surface area contributed by atoms with Crippen LogP contribution in [0.2, 0.25) is 0 Å². The zero-order valence-electron chi connectivity index (χ0n) is 37.1. The lowest BCUT2D eigenvalue weighted by Gasteiger charge is -2.30. The first-order valence-corrected chi connectivity index (χ1v) is 25.0. The van der Waals surface area contributed by atoms with E-state index >= 15 is 0 Å². The molecule has 0 bridgehead atoms. The Balaban J connectivity index is 4.30. The molecule has 328 valence electrons. The second-order valence-electron chi connectivity index (χ2n) is 17.5. The van der Waals surface area contributed by atoms with Crippen LogP contribution in [0, 0.1) is 0 Å². The molecule has 8 nitrogen and oxygen atoms in total. The highest BCUT2D eigenvalue weighted by molar-refractivity contribution is 7.45. The number of carbonyl (C=O) groups excluding carboxylic acids is 1. The first kappa shape index (κ1) is 54.2. The molecule has 0 radical (unpaired) electrons. The van der Waals surface area contributed by atoms with E-state index in [0.29, 0.717) is 23.9 Å². The second kappa shape index (κ2) is 38.7. The summed E-state index contributed by atoms with van der Waals surface area (Å²) in [7, 11) is 1.30. The maximum atomic E-state index is 12.9. The lowest BCUT2D eigenvalue weighted by molar-refractivity contribution is -0.870. The number of amides is 1. The molecule has 55 heavy (non-hydrogen) atoms. The number of hydrogen-bond acceptors (Lipinski definition) is 6. The molecular formula is C46H93N2O6P. The molecule has 0 saturated heterocycles. The van der Waals surface area contributed by atoms with Crippen molar-refractivity contribution in [3.8, 4) is 0 Å². The van der Waals surface area contributed by atoms with Gasteiger partial charge in [0.15, 0.2) is 0 Å². The van der Waals surface area contributed by atoms with Crippen LogP contribution in [0.5, 0.6) is 0 Å². The highest BCUT2D eigenvalue weighted by Gasteiger charge is 2.24. The quantitative estimate of drug-likeness (QED) is 0.0275. The standard InChI is InChI=1S/C46H93N2O6P/c1-6-8-10-12-14-16-18-20-22-23-24-25-26-28-30-32-34-36-38-40-46(50)47-44(43-54-55(51,52)53-42-41-48(3,4)5)45(49)39-37-35-33-31-29-27-21-19-17-15-13-11-9-7-2/h29,31,44-45,49H,6-28,30,32-43H2,1-5H3,(H-,47,50,51,52)/b31-29+/t44-,45+/m0/s1. The van der Waals surface area contributed by atoms with Gasteiger partial charge in [-0.3, -0.25) is 9.36 Å². The first-order chi connectivity index (χ1) is 26.5. The van der Waals surface area contributed by atoms with E-state index in [4.69, 9.17) is 9.05 Å². The molecule has 0 aromatic heterocycles. The monoisotopic (exact) mass is 801 g/mol. The minimum Gasteiger partial charge on any atom is -0.756 e. The molecule has 0 aromatic carbocycles. The van der Waals surface area contributed by atoms with E-state index < -0.39 is 20.0 Å². The third kappa shape index (κ3) is 41.2. The van der Waals surface area contributed by atoms with Gasteiger partial charge in [-0.15, -0.1) is 0 Å². The Morgan fingerprint density at radius 3 is 1.42 bits per heavy atom. The normalized spacial score (nSPS) is 14.4. The number of rotatable bonds is 43. The molecule has 2 N–H and O–H groups in total. The number of aliphatic hydroxyl groups excluding tert-OH is 1. The van der Waals surface area contributed by atoms with Crippen LogP contribution in [-0.4, -0.2) is 68.5 Å². The molecule has 9 heteroatoms. The van der Waals surface area contributed by atoms with E-state index in [1.807, 2.05) is 21.1 Å². The van der Waals surface area contributed by atoms with Gasteiger partial charge in [-0.05, 0) is 38.5 Å². The van der Waals surface area contributed by atoms with E-state index in [2.05, 4.69) is 31.3 Å². The predicted molar refractivity (Wildman–Crippen MR) is 233 cm³/mol. The Labute approximate surface area is 342 Å². The highest BCUT2D eigenvalue weighted by Crippen LogP contribution is 2.38. The number of phosphoric acid groups is 1. The zero-order valence-corrected chi connectivity index (χ0v) is 38.0. The van der Waals surface area contributed by atoms with E-state index in [9.17, 15) is 19.4 Å². The maximum absolute atomic E-state index is 12.9. The summed E-state index contributed by atoms with van der Waals surface area (Å²) in [5.41, 5.74) is 0. The second-order valence-corrected chi connectivity index (χ2v) is 18.9. The number of allylic oxidation sites excluding steroid dienone is 2. The smallest absolute Gasteiger partial charge is 0.268 e. The summed E-state index contributed by atoms with van der Waals surface area (Å²) < 4.78 is 23.3. The summed E-state index contributed by atoms with van der Waals surface area (Å²) in [5, 5.41) is 13.9. The fourth-order valence-corrected chi connectivity index (χ4v) is 7.70. The third-order valence-electron chi connectivity index (χ3n) is 10.8. The number of nitrogens with zero attached hydrogens (tertiary/aromatic N) is 1. The lowest BCUT2D eigenvalue weighted by Crippen LogP contribution is -2.46. The minimum absolute atomic E-state index is 0.00974. The van der Waals surface area contributed by atoms with Crippen LogP contribution in [0.4, 0.5) is 0 Å². The Kier molecular flexibility index (Phi) is 38.2. The average molecular weight is 801 g/mol. The van der Waals surface area contributed by atoms with Gasteiger partial charge in [0.05, 0.1) is 39.9 Å². The molecule has 0 aromatic rings. The number of quaternary nitrogens is 1. The van der Waals surface area contributed by atoms with Gasteiger partial charge in [0.2, 0.25) is 5.91 Å². The molecule has 0 saturated carbocycles. The van der Waals surface area contributed by atoms with Crippen molar-refractivity contribution in [1.29, 1.82) is 0 Å². The van der Waals surface area contributed by atoms with E-state index in [0.717, 1.165) is 44.9 Å². The molecular weight excluding hydrogens is 707 g/mol. The Morgan fingerprint density at radius 2 is 1.00 bits per heavy atom. The maximum Gasteiger partial charge on any atom is 0.268 e. The Bertz CT molecular complexity index is 911. The number of phosphoric ester groups is 1. The van der Waals surface area contributed by atoms with Crippen molar-refractivity contribution < 1.29 is 32.9 Å².